The average Bonchev–Trinajstić information content (AvgIpc) is 2.75. The molecule has 0 bridgehead atoms. The molecule has 0 spiro atoms. The van der Waals surface area contributed by atoms with Gasteiger partial charge in [-0.1, -0.05) is 11.8 Å². The summed E-state index contributed by atoms with van der Waals surface area (Å²) >= 11 is 1.43. The molecule has 6 heteroatoms. The minimum Gasteiger partial charge on any atom is -0.384 e. The molecule has 102 valence electrons. The standard InChI is InChI=1S/C14H13N3O2S/c1-9-10(2)20-14(16-9)17-13(19)12-6-11(4-3-5-18)7-15-8-12/h6-8,18H,5H2,1-2H3,(H,16,17,19). The summed E-state index contributed by atoms with van der Waals surface area (Å²) in [5.41, 5.74) is 1.89. The molecular weight excluding hydrogens is 274 g/mol. The molecule has 0 aliphatic rings. The summed E-state index contributed by atoms with van der Waals surface area (Å²) < 4.78 is 0. The molecule has 2 heterocycles. The molecule has 0 saturated carbocycles. The Balaban J connectivity index is 2.16. The molecule has 0 aliphatic heterocycles. The van der Waals surface area contributed by atoms with E-state index in [1.54, 1.807) is 6.07 Å². The van der Waals surface area contributed by atoms with Gasteiger partial charge in [0.25, 0.3) is 5.91 Å². The Morgan fingerprint density at radius 1 is 1.45 bits per heavy atom. The second-order valence-electron chi connectivity index (χ2n) is 4.04. The largest absolute Gasteiger partial charge is 0.384 e. The van der Waals surface area contributed by atoms with Gasteiger partial charge >= 0.3 is 0 Å². The second-order valence-corrected chi connectivity index (χ2v) is 5.24. The molecule has 20 heavy (non-hydrogen) atoms. The molecular formula is C14H13N3O2S. The van der Waals surface area contributed by atoms with Crippen molar-refractivity contribution in [3.05, 3.63) is 40.2 Å². The molecule has 0 aliphatic carbocycles. The molecule has 2 aromatic heterocycles. The Morgan fingerprint density at radius 3 is 2.90 bits per heavy atom. The van der Waals surface area contributed by atoms with Gasteiger partial charge in [0.15, 0.2) is 5.13 Å². The van der Waals surface area contributed by atoms with Crippen molar-refractivity contribution in [1.29, 1.82) is 0 Å². The molecule has 0 aromatic carbocycles. The van der Waals surface area contributed by atoms with Gasteiger partial charge in [-0.15, -0.1) is 11.3 Å². The molecule has 2 N–H and O–H groups in total. The van der Waals surface area contributed by atoms with E-state index in [0.717, 1.165) is 10.6 Å². The molecule has 0 atom stereocenters. The normalized spacial score (nSPS) is 9.75. The van der Waals surface area contributed by atoms with Crippen LogP contribution in [-0.4, -0.2) is 27.6 Å². The van der Waals surface area contributed by atoms with Crippen molar-refractivity contribution in [2.24, 2.45) is 0 Å². The number of aliphatic hydroxyl groups is 1. The number of aromatic nitrogens is 2. The summed E-state index contributed by atoms with van der Waals surface area (Å²) in [6, 6.07) is 1.62. The van der Waals surface area contributed by atoms with E-state index < -0.39 is 0 Å². The predicted octanol–water partition coefficient (Wildman–Crippen LogP) is 1.75. The number of thiazole rings is 1. The number of aryl methyl sites for hydroxylation is 2. The number of carbonyl (C=O) groups excluding carboxylic acids is 1. The summed E-state index contributed by atoms with van der Waals surface area (Å²) in [5.74, 6) is 4.95. The smallest absolute Gasteiger partial charge is 0.259 e. The highest BCUT2D eigenvalue weighted by Gasteiger charge is 2.10. The summed E-state index contributed by atoms with van der Waals surface area (Å²) in [5, 5.41) is 11.9. The van der Waals surface area contributed by atoms with Crippen LogP contribution in [0.4, 0.5) is 5.13 Å². The van der Waals surface area contributed by atoms with Crippen LogP contribution in [-0.2, 0) is 0 Å². The Hall–Kier alpha value is -2.23. The molecule has 5 nitrogen and oxygen atoms in total. The fourth-order valence-electron chi connectivity index (χ4n) is 1.47. The first kappa shape index (κ1) is 14.2. The lowest BCUT2D eigenvalue weighted by molar-refractivity contribution is 0.102. The van der Waals surface area contributed by atoms with Crippen LogP contribution in [0.25, 0.3) is 0 Å². The van der Waals surface area contributed by atoms with Crippen LogP contribution < -0.4 is 5.32 Å². The van der Waals surface area contributed by atoms with E-state index in [1.807, 2.05) is 13.8 Å². The van der Waals surface area contributed by atoms with E-state index in [4.69, 9.17) is 5.11 Å². The van der Waals surface area contributed by atoms with Gasteiger partial charge in [-0.25, -0.2) is 4.98 Å². The number of amides is 1. The number of aliphatic hydroxyl groups excluding tert-OH is 1. The first-order valence-corrected chi connectivity index (χ1v) is 6.72. The van der Waals surface area contributed by atoms with Gasteiger partial charge in [0.1, 0.15) is 6.61 Å². The van der Waals surface area contributed by atoms with E-state index in [1.165, 1.54) is 23.7 Å². The highest BCUT2D eigenvalue weighted by molar-refractivity contribution is 7.15. The maximum Gasteiger partial charge on any atom is 0.259 e. The first-order valence-electron chi connectivity index (χ1n) is 5.90. The summed E-state index contributed by atoms with van der Waals surface area (Å²) in [6.45, 7) is 3.62. The highest BCUT2D eigenvalue weighted by atomic mass is 32.1. The zero-order chi connectivity index (χ0) is 14.5. The maximum absolute atomic E-state index is 12.1. The van der Waals surface area contributed by atoms with Crippen molar-refractivity contribution in [2.75, 3.05) is 11.9 Å². The Kier molecular flexibility index (Phi) is 4.45. The topological polar surface area (TPSA) is 75.1 Å². The Labute approximate surface area is 120 Å². The van der Waals surface area contributed by atoms with Crippen molar-refractivity contribution >= 4 is 22.4 Å². The van der Waals surface area contributed by atoms with Crippen molar-refractivity contribution in [3.8, 4) is 11.8 Å². The monoisotopic (exact) mass is 287 g/mol. The zero-order valence-corrected chi connectivity index (χ0v) is 11.9. The molecule has 0 fully saturated rings. The van der Waals surface area contributed by atoms with E-state index in [-0.39, 0.29) is 12.5 Å². The van der Waals surface area contributed by atoms with Gasteiger partial charge in [-0.05, 0) is 19.9 Å². The SMILES string of the molecule is Cc1nc(NC(=O)c2cncc(C#CCO)c2)sc1C. The van der Waals surface area contributed by atoms with E-state index in [0.29, 0.717) is 16.3 Å². The van der Waals surface area contributed by atoms with Gasteiger partial charge in [-0.3, -0.25) is 15.1 Å². The van der Waals surface area contributed by atoms with Crippen LogP contribution in [0.3, 0.4) is 0 Å². The lowest BCUT2D eigenvalue weighted by atomic mass is 10.2. The third-order valence-electron chi connectivity index (χ3n) is 2.56. The fraction of sp³-hybridized carbons (Fsp3) is 0.214. The average molecular weight is 287 g/mol. The molecule has 0 radical (unpaired) electrons. The van der Waals surface area contributed by atoms with Crippen LogP contribution in [0.1, 0.15) is 26.5 Å². The molecule has 2 aromatic rings. The number of anilines is 1. The minimum atomic E-state index is -0.279. The number of hydrogen-bond acceptors (Lipinski definition) is 5. The van der Waals surface area contributed by atoms with Crippen LogP contribution in [0.2, 0.25) is 0 Å². The number of pyridine rings is 1. The number of carbonyl (C=O) groups is 1. The lowest BCUT2D eigenvalue weighted by Crippen LogP contribution is -2.12. The van der Waals surface area contributed by atoms with Gasteiger partial charge < -0.3 is 5.11 Å². The zero-order valence-electron chi connectivity index (χ0n) is 11.1. The van der Waals surface area contributed by atoms with Crippen molar-refractivity contribution in [1.82, 2.24) is 9.97 Å². The summed E-state index contributed by atoms with van der Waals surface area (Å²) in [4.78, 5) is 21.4. The molecule has 0 unspecified atom stereocenters. The highest BCUT2D eigenvalue weighted by Crippen LogP contribution is 2.21. The van der Waals surface area contributed by atoms with Crippen molar-refractivity contribution in [2.45, 2.75) is 13.8 Å². The number of nitrogens with one attached hydrogen (secondary N) is 1. The maximum atomic E-state index is 12.1. The van der Waals surface area contributed by atoms with Gasteiger partial charge in [0, 0.05) is 22.8 Å². The molecule has 2 rings (SSSR count). The second kappa shape index (κ2) is 6.28. The van der Waals surface area contributed by atoms with Crippen LogP contribution in [0.15, 0.2) is 18.5 Å². The predicted molar refractivity (Wildman–Crippen MR) is 77.7 cm³/mol. The fourth-order valence-corrected chi connectivity index (χ4v) is 2.28. The van der Waals surface area contributed by atoms with Gasteiger partial charge in [-0.2, -0.15) is 0 Å². The Morgan fingerprint density at radius 2 is 2.25 bits per heavy atom. The van der Waals surface area contributed by atoms with E-state index >= 15 is 0 Å². The third kappa shape index (κ3) is 3.41. The number of nitrogens with zero attached hydrogens (tertiary/aromatic N) is 2. The van der Waals surface area contributed by atoms with E-state index in [2.05, 4.69) is 27.1 Å². The molecule has 0 saturated heterocycles. The third-order valence-corrected chi connectivity index (χ3v) is 3.55. The summed E-state index contributed by atoms with van der Waals surface area (Å²) in [6.07, 6.45) is 3.00. The quantitative estimate of drug-likeness (QED) is 0.825. The number of hydrogen-bond donors (Lipinski definition) is 2. The van der Waals surface area contributed by atoms with Gasteiger partial charge in [0.05, 0.1) is 11.3 Å². The molecule has 1 amide bonds. The number of rotatable bonds is 2. The van der Waals surface area contributed by atoms with Crippen LogP contribution >= 0.6 is 11.3 Å². The van der Waals surface area contributed by atoms with Gasteiger partial charge in [0.2, 0.25) is 0 Å². The minimum absolute atomic E-state index is 0.228. The van der Waals surface area contributed by atoms with Crippen molar-refractivity contribution < 1.29 is 9.90 Å². The first-order chi connectivity index (χ1) is 9.60. The Bertz CT molecular complexity index is 678. The van der Waals surface area contributed by atoms with Crippen LogP contribution in [0, 0.1) is 25.7 Å². The summed E-state index contributed by atoms with van der Waals surface area (Å²) in [7, 11) is 0. The van der Waals surface area contributed by atoms with E-state index in [9.17, 15) is 4.79 Å². The lowest BCUT2D eigenvalue weighted by Gasteiger charge is -2.01. The van der Waals surface area contributed by atoms with Crippen molar-refractivity contribution in [3.63, 3.8) is 0 Å². The van der Waals surface area contributed by atoms with Crippen LogP contribution in [0.5, 0.6) is 0 Å².